The number of nitrogens with one attached hydrogen (secondary N) is 1. The third kappa shape index (κ3) is 2.83. The first-order valence-electron chi connectivity index (χ1n) is 3.85. The quantitative estimate of drug-likeness (QED) is 0.540. The standard InChI is InChI=1S/C9H10FNO2/c10-11-8(6-12)5-7-1-3-9(13)4-2-7/h1-4,6,8,11,13H,5H2/t8-/m0/s1. The number of aromatic hydroxyl groups is 1. The number of phenolic OH excluding ortho intramolecular Hbond substituents is 1. The Hall–Kier alpha value is -1.42. The van der Waals surface area contributed by atoms with Crippen LogP contribution in [0.25, 0.3) is 0 Å². The van der Waals surface area contributed by atoms with E-state index in [4.69, 9.17) is 5.11 Å². The summed E-state index contributed by atoms with van der Waals surface area (Å²) in [6, 6.07) is 5.46. The third-order valence-corrected chi connectivity index (χ3v) is 1.70. The van der Waals surface area contributed by atoms with Crippen LogP contribution in [0.15, 0.2) is 24.3 Å². The Kier molecular flexibility index (Phi) is 3.40. The number of aldehydes is 1. The number of hydrogen-bond acceptors (Lipinski definition) is 3. The highest BCUT2D eigenvalue weighted by Gasteiger charge is 2.06. The van der Waals surface area contributed by atoms with Gasteiger partial charge in [-0.15, -0.1) is 10.0 Å². The number of carbonyl (C=O) groups is 1. The first-order valence-corrected chi connectivity index (χ1v) is 3.85. The van der Waals surface area contributed by atoms with Crippen molar-refractivity contribution in [2.45, 2.75) is 12.5 Å². The molecule has 4 heteroatoms. The lowest BCUT2D eigenvalue weighted by molar-refractivity contribution is -0.110. The van der Waals surface area contributed by atoms with Crippen molar-refractivity contribution in [1.82, 2.24) is 5.54 Å². The van der Waals surface area contributed by atoms with Crippen LogP contribution in [-0.4, -0.2) is 17.4 Å². The third-order valence-electron chi connectivity index (χ3n) is 1.70. The Morgan fingerprint density at radius 1 is 1.46 bits per heavy atom. The monoisotopic (exact) mass is 183 g/mol. The summed E-state index contributed by atoms with van der Waals surface area (Å²) < 4.78 is 11.9. The molecule has 1 rings (SSSR count). The van der Waals surface area contributed by atoms with Gasteiger partial charge in [0.05, 0.1) is 6.04 Å². The fourth-order valence-corrected chi connectivity index (χ4v) is 0.998. The number of rotatable bonds is 4. The van der Waals surface area contributed by atoms with Gasteiger partial charge in [-0.05, 0) is 24.1 Å². The van der Waals surface area contributed by atoms with Crippen LogP contribution in [0, 0.1) is 0 Å². The molecule has 0 bridgehead atoms. The van der Waals surface area contributed by atoms with E-state index in [0.717, 1.165) is 5.56 Å². The largest absolute Gasteiger partial charge is 0.508 e. The molecule has 0 heterocycles. The van der Waals surface area contributed by atoms with E-state index in [9.17, 15) is 9.28 Å². The highest BCUT2D eigenvalue weighted by Crippen LogP contribution is 2.10. The number of hydrogen-bond donors (Lipinski definition) is 2. The molecule has 0 amide bonds. The molecule has 3 nitrogen and oxygen atoms in total. The van der Waals surface area contributed by atoms with Gasteiger partial charge in [0.25, 0.3) is 0 Å². The number of phenols is 1. The first-order chi connectivity index (χ1) is 6.26. The molecule has 1 aromatic rings. The van der Waals surface area contributed by atoms with Gasteiger partial charge in [-0.1, -0.05) is 12.1 Å². The summed E-state index contributed by atoms with van der Waals surface area (Å²) in [6.45, 7) is 0. The molecule has 1 aromatic carbocycles. The molecule has 0 aliphatic carbocycles. The molecule has 0 fully saturated rings. The van der Waals surface area contributed by atoms with Crippen molar-refractivity contribution < 1.29 is 14.4 Å². The molecule has 0 saturated carbocycles. The van der Waals surface area contributed by atoms with Crippen LogP contribution in [-0.2, 0) is 11.2 Å². The SMILES string of the molecule is O=C[C@H](Cc1ccc(O)cc1)NF. The summed E-state index contributed by atoms with van der Waals surface area (Å²) in [7, 11) is 0. The van der Waals surface area contributed by atoms with Crippen LogP contribution in [0.2, 0.25) is 0 Å². The zero-order valence-corrected chi connectivity index (χ0v) is 6.90. The van der Waals surface area contributed by atoms with E-state index < -0.39 is 6.04 Å². The fraction of sp³-hybridized carbons (Fsp3) is 0.222. The topological polar surface area (TPSA) is 49.3 Å². The molecular formula is C9H10FNO2. The van der Waals surface area contributed by atoms with Crippen LogP contribution in [0.4, 0.5) is 4.48 Å². The van der Waals surface area contributed by atoms with Crippen LogP contribution in [0.3, 0.4) is 0 Å². The van der Waals surface area contributed by atoms with Gasteiger partial charge in [0, 0.05) is 0 Å². The van der Waals surface area contributed by atoms with Crippen LogP contribution in [0.5, 0.6) is 5.75 Å². The fourth-order valence-electron chi connectivity index (χ4n) is 0.998. The molecule has 2 N–H and O–H groups in total. The summed E-state index contributed by atoms with van der Waals surface area (Å²) in [4.78, 5) is 10.3. The predicted octanol–water partition coefficient (Wildman–Crippen LogP) is 0.976. The van der Waals surface area contributed by atoms with Gasteiger partial charge < -0.3 is 9.90 Å². The maximum absolute atomic E-state index is 11.9. The van der Waals surface area contributed by atoms with Gasteiger partial charge in [0.15, 0.2) is 0 Å². The summed E-state index contributed by atoms with van der Waals surface area (Å²) in [5.74, 6) is 0.152. The van der Waals surface area contributed by atoms with Crippen molar-refractivity contribution in [1.29, 1.82) is 0 Å². The van der Waals surface area contributed by atoms with Gasteiger partial charge in [-0.3, -0.25) is 0 Å². The van der Waals surface area contributed by atoms with Gasteiger partial charge in [-0.25, -0.2) is 0 Å². The summed E-state index contributed by atoms with van der Waals surface area (Å²) in [5, 5.41) is 8.95. The molecule has 0 saturated heterocycles. The molecule has 13 heavy (non-hydrogen) atoms. The average Bonchev–Trinajstić information content (AvgIpc) is 2.17. The molecule has 0 spiro atoms. The van der Waals surface area contributed by atoms with Crippen molar-refractivity contribution >= 4 is 6.29 Å². The lowest BCUT2D eigenvalue weighted by Crippen LogP contribution is -2.25. The molecule has 0 aliphatic heterocycles. The minimum absolute atomic E-state index is 0.152. The van der Waals surface area contributed by atoms with Crippen molar-refractivity contribution in [3.63, 3.8) is 0 Å². The highest BCUT2D eigenvalue weighted by atomic mass is 19.2. The summed E-state index contributed by atoms with van der Waals surface area (Å²) >= 11 is 0. The van der Waals surface area contributed by atoms with Crippen molar-refractivity contribution in [2.24, 2.45) is 0 Å². The Morgan fingerprint density at radius 3 is 2.54 bits per heavy atom. The lowest BCUT2D eigenvalue weighted by Gasteiger charge is -2.05. The number of benzene rings is 1. The van der Waals surface area contributed by atoms with Gasteiger partial charge >= 0.3 is 0 Å². The smallest absolute Gasteiger partial charge is 0.139 e. The summed E-state index contributed by atoms with van der Waals surface area (Å²) in [6.07, 6.45) is 0.785. The molecule has 0 radical (unpaired) electrons. The molecule has 70 valence electrons. The predicted molar refractivity (Wildman–Crippen MR) is 45.9 cm³/mol. The minimum atomic E-state index is -0.815. The number of carbonyl (C=O) groups excluding carboxylic acids is 1. The van der Waals surface area contributed by atoms with E-state index >= 15 is 0 Å². The van der Waals surface area contributed by atoms with E-state index in [-0.39, 0.29) is 12.2 Å². The lowest BCUT2D eigenvalue weighted by atomic mass is 10.1. The van der Waals surface area contributed by atoms with E-state index in [1.54, 1.807) is 12.1 Å². The van der Waals surface area contributed by atoms with Crippen LogP contribution in [0.1, 0.15) is 5.56 Å². The second-order valence-electron chi connectivity index (χ2n) is 2.72. The zero-order valence-electron chi connectivity index (χ0n) is 6.90. The molecular weight excluding hydrogens is 173 g/mol. The van der Waals surface area contributed by atoms with Crippen molar-refractivity contribution in [3.05, 3.63) is 29.8 Å². The first kappa shape index (κ1) is 9.67. The van der Waals surface area contributed by atoms with Crippen molar-refractivity contribution in [2.75, 3.05) is 0 Å². The maximum Gasteiger partial charge on any atom is 0.139 e. The summed E-state index contributed by atoms with van der Waals surface area (Å²) in [5.41, 5.74) is 2.18. The number of halogens is 1. The Bertz CT molecular complexity index is 273. The second kappa shape index (κ2) is 4.57. The van der Waals surface area contributed by atoms with Crippen LogP contribution >= 0.6 is 0 Å². The highest BCUT2D eigenvalue weighted by molar-refractivity contribution is 5.58. The normalized spacial score (nSPS) is 12.4. The molecule has 1 atom stereocenters. The van der Waals surface area contributed by atoms with Crippen LogP contribution < -0.4 is 5.54 Å². The van der Waals surface area contributed by atoms with Gasteiger partial charge in [0.1, 0.15) is 12.0 Å². The van der Waals surface area contributed by atoms with E-state index in [2.05, 4.69) is 0 Å². The maximum atomic E-state index is 11.9. The molecule has 0 unspecified atom stereocenters. The Labute approximate surface area is 75.1 Å². The van der Waals surface area contributed by atoms with E-state index in [0.29, 0.717) is 6.29 Å². The molecule has 0 aromatic heterocycles. The average molecular weight is 183 g/mol. The van der Waals surface area contributed by atoms with Gasteiger partial charge in [-0.2, -0.15) is 0 Å². The van der Waals surface area contributed by atoms with Crippen molar-refractivity contribution in [3.8, 4) is 5.75 Å². The van der Waals surface area contributed by atoms with Gasteiger partial charge in [0.2, 0.25) is 0 Å². The molecule has 0 aliphatic rings. The van der Waals surface area contributed by atoms with E-state index in [1.165, 1.54) is 17.7 Å². The minimum Gasteiger partial charge on any atom is -0.508 e. The second-order valence-corrected chi connectivity index (χ2v) is 2.72. The Morgan fingerprint density at radius 2 is 2.08 bits per heavy atom. The zero-order chi connectivity index (χ0) is 9.68. The Balaban J connectivity index is 2.63. The van der Waals surface area contributed by atoms with E-state index in [1.807, 2.05) is 0 Å².